The Morgan fingerprint density at radius 3 is 2.07 bits per heavy atom. The van der Waals surface area contributed by atoms with Gasteiger partial charge in [-0.15, -0.1) is 0 Å². The number of amides is 4. The molecular formula is C22H35N3O5. The summed E-state index contributed by atoms with van der Waals surface area (Å²) in [5, 5.41) is 5.48. The van der Waals surface area contributed by atoms with Crippen molar-refractivity contribution >= 4 is 29.4 Å². The Morgan fingerprint density at radius 2 is 1.53 bits per heavy atom. The third kappa shape index (κ3) is 7.72. The SMILES string of the molecule is CCC(C)C(=O)[C@H](C)NC(=O)[C@@H](NC(=O)CCCCCN1C(=O)C=CC1=O)C(C)C. The van der Waals surface area contributed by atoms with E-state index in [9.17, 15) is 24.0 Å². The Morgan fingerprint density at radius 1 is 0.933 bits per heavy atom. The van der Waals surface area contributed by atoms with Crippen LogP contribution in [0.1, 0.15) is 66.7 Å². The second-order valence-electron chi connectivity index (χ2n) is 8.20. The van der Waals surface area contributed by atoms with E-state index in [4.69, 9.17) is 0 Å². The summed E-state index contributed by atoms with van der Waals surface area (Å²) in [5.41, 5.74) is 0. The van der Waals surface area contributed by atoms with Crippen LogP contribution in [0.4, 0.5) is 0 Å². The molecule has 0 radical (unpaired) electrons. The maximum Gasteiger partial charge on any atom is 0.253 e. The van der Waals surface area contributed by atoms with E-state index in [0.29, 0.717) is 32.2 Å². The van der Waals surface area contributed by atoms with Gasteiger partial charge in [-0.3, -0.25) is 28.9 Å². The van der Waals surface area contributed by atoms with Crippen LogP contribution in [0.5, 0.6) is 0 Å². The van der Waals surface area contributed by atoms with Gasteiger partial charge in [0, 0.05) is 31.0 Å². The minimum absolute atomic E-state index is 0.0233. The number of nitrogens with zero attached hydrogens (tertiary/aromatic N) is 1. The van der Waals surface area contributed by atoms with Gasteiger partial charge in [0.2, 0.25) is 11.8 Å². The van der Waals surface area contributed by atoms with Crippen molar-refractivity contribution in [1.29, 1.82) is 0 Å². The van der Waals surface area contributed by atoms with Crippen LogP contribution in [-0.2, 0) is 24.0 Å². The number of hydrogen-bond donors (Lipinski definition) is 2. The first-order valence-electron chi connectivity index (χ1n) is 10.7. The van der Waals surface area contributed by atoms with E-state index < -0.39 is 12.1 Å². The molecule has 1 aliphatic heterocycles. The van der Waals surface area contributed by atoms with E-state index in [1.807, 2.05) is 27.7 Å². The summed E-state index contributed by atoms with van der Waals surface area (Å²) < 4.78 is 0. The molecular weight excluding hydrogens is 386 g/mol. The molecule has 0 bridgehead atoms. The smallest absolute Gasteiger partial charge is 0.253 e. The first-order valence-corrected chi connectivity index (χ1v) is 10.7. The van der Waals surface area contributed by atoms with Crippen LogP contribution in [0.25, 0.3) is 0 Å². The summed E-state index contributed by atoms with van der Waals surface area (Å²) in [5.74, 6) is -1.48. The van der Waals surface area contributed by atoms with E-state index >= 15 is 0 Å². The highest BCUT2D eigenvalue weighted by Gasteiger charge is 2.28. The highest BCUT2D eigenvalue weighted by molar-refractivity contribution is 6.12. The molecule has 0 saturated heterocycles. The fraction of sp³-hybridized carbons (Fsp3) is 0.682. The lowest BCUT2D eigenvalue weighted by Crippen LogP contribution is -2.53. The molecule has 8 heteroatoms. The van der Waals surface area contributed by atoms with Crippen LogP contribution in [0.2, 0.25) is 0 Å². The zero-order valence-electron chi connectivity index (χ0n) is 18.7. The number of nitrogens with one attached hydrogen (secondary N) is 2. The monoisotopic (exact) mass is 421 g/mol. The molecule has 0 saturated carbocycles. The van der Waals surface area contributed by atoms with E-state index in [2.05, 4.69) is 10.6 Å². The van der Waals surface area contributed by atoms with Crippen molar-refractivity contribution in [3.8, 4) is 0 Å². The van der Waals surface area contributed by atoms with Gasteiger partial charge in [-0.25, -0.2) is 0 Å². The molecule has 0 aliphatic carbocycles. The number of carbonyl (C=O) groups is 5. The van der Waals surface area contributed by atoms with Crippen molar-refractivity contribution in [1.82, 2.24) is 15.5 Å². The molecule has 0 spiro atoms. The molecule has 1 aliphatic rings. The van der Waals surface area contributed by atoms with Crippen LogP contribution in [-0.4, -0.2) is 52.9 Å². The van der Waals surface area contributed by atoms with Crippen molar-refractivity contribution in [2.75, 3.05) is 6.54 Å². The van der Waals surface area contributed by atoms with Crippen LogP contribution in [0, 0.1) is 11.8 Å². The zero-order chi connectivity index (χ0) is 22.8. The van der Waals surface area contributed by atoms with Crippen molar-refractivity contribution in [3.63, 3.8) is 0 Å². The maximum atomic E-state index is 12.6. The minimum Gasteiger partial charge on any atom is -0.345 e. The topological polar surface area (TPSA) is 113 Å². The highest BCUT2D eigenvalue weighted by Crippen LogP contribution is 2.10. The standard InChI is InChI=1S/C22H35N3O5/c1-6-15(4)21(29)16(5)23-22(30)20(14(2)3)24-17(26)10-8-7-9-13-25-18(27)11-12-19(25)28/h11-12,14-16,20H,6-10,13H2,1-5H3,(H,23,30)(H,24,26)/t15?,16-,20-/m0/s1. The fourth-order valence-electron chi connectivity index (χ4n) is 3.17. The largest absolute Gasteiger partial charge is 0.345 e. The molecule has 1 heterocycles. The Balaban J connectivity index is 2.40. The Kier molecular flexibility index (Phi) is 10.4. The predicted molar refractivity (Wildman–Crippen MR) is 113 cm³/mol. The predicted octanol–water partition coefficient (Wildman–Crippen LogP) is 1.73. The van der Waals surface area contributed by atoms with E-state index in [0.717, 1.165) is 0 Å². The second kappa shape index (κ2) is 12.2. The number of ketones is 1. The molecule has 30 heavy (non-hydrogen) atoms. The molecule has 4 amide bonds. The third-order valence-corrected chi connectivity index (χ3v) is 5.34. The first-order chi connectivity index (χ1) is 14.1. The van der Waals surface area contributed by atoms with E-state index in [1.54, 1.807) is 6.92 Å². The lowest BCUT2D eigenvalue weighted by molar-refractivity contribution is -0.137. The van der Waals surface area contributed by atoms with E-state index in [-0.39, 0.29) is 47.7 Å². The average Bonchev–Trinajstić information content (AvgIpc) is 3.01. The van der Waals surface area contributed by atoms with Gasteiger partial charge in [-0.05, 0) is 32.1 Å². The summed E-state index contributed by atoms with van der Waals surface area (Å²) >= 11 is 0. The van der Waals surface area contributed by atoms with Gasteiger partial charge in [-0.1, -0.05) is 34.1 Å². The quantitative estimate of drug-likeness (QED) is 0.347. The summed E-state index contributed by atoms with van der Waals surface area (Å²) in [7, 11) is 0. The fourth-order valence-corrected chi connectivity index (χ4v) is 3.17. The molecule has 168 valence electrons. The lowest BCUT2D eigenvalue weighted by atomic mass is 9.97. The molecule has 8 nitrogen and oxygen atoms in total. The molecule has 0 aromatic carbocycles. The Hall–Kier alpha value is -2.51. The molecule has 2 N–H and O–H groups in total. The highest BCUT2D eigenvalue weighted by atomic mass is 16.2. The minimum atomic E-state index is -0.712. The zero-order valence-corrected chi connectivity index (χ0v) is 18.7. The normalized spacial score (nSPS) is 16.5. The molecule has 1 unspecified atom stereocenters. The molecule has 0 aromatic rings. The van der Waals surface area contributed by atoms with Crippen molar-refractivity contribution in [2.24, 2.45) is 11.8 Å². The van der Waals surface area contributed by atoms with E-state index in [1.165, 1.54) is 17.1 Å². The summed E-state index contributed by atoms with van der Waals surface area (Å²) in [6, 6.07) is -1.31. The van der Waals surface area contributed by atoms with Gasteiger partial charge in [0.1, 0.15) is 6.04 Å². The first kappa shape index (κ1) is 25.5. The van der Waals surface area contributed by atoms with Gasteiger partial charge in [0.25, 0.3) is 11.8 Å². The van der Waals surface area contributed by atoms with Crippen LogP contribution < -0.4 is 10.6 Å². The van der Waals surface area contributed by atoms with Crippen LogP contribution >= 0.6 is 0 Å². The Bertz CT molecular complexity index is 668. The number of unbranched alkanes of at least 4 members (excludes halogenated alkanes) is 2. The van der Waals surface area contributed by atoms with Crippen LogP contribution in [0.15, 0.2) is 12.2 Å². The number of imide groups is 1. The molecule has 0 fully saturated rings. The maximum absolute atomic E-state index is 12.6. The van der Waals surface area contributed by atoms with Gasteiger partial charge in [0.15, 0.2) is 5.78 Å². The number of Topliss-reactive ketones (excluding diaryl/α,β-unsaturated/α-hetero) is 1. The number of rotatable bonds is 13. The average molecular weight is 422 g/mol. The van der Waals surface area contributed by atoms with Crippen LogP contribution in [0.3, 0.4) is 0 Å². The van der Waals surface area contributed by atoms with Gasteiger partial charge >= 0.3 is 0 Å². The van der Waals surface area contributed by atoms with Gasteiger partial charge in [0.05, 0.1) is 6.04 Å². The molecule has 0 aromatic heterocycles. The number of hydrogen-bond acceptors (Lipinski definition) is 5. The third-order valence-electron chi connectivity index (χ3n) is 5.34. The van der Waals surface area contributed by atoms with Crippen molar-refractivity contribution in [2.45, 2.75) is 78.8 Å². The lowest BCUT2D eigenvalue weighted by Gasteiger charge is -2.24. The summed E-state index contributed by atoms with van der Waals surface area (Å²) in [4.78, 5) is 61.2. The summed E-state index contributed by atoms with van der Waals surface area (Å²) in [6.07, 6.45) is 5.36. The van der Waals surface area contributed by atoms with Gasteiger partial charge in [-0.2, -0.15) is 0 Å². The Labute approximate surface area is 178 Å². The molecule has 1 rings (SSSR count). The summed E-state index contributed by atoms with van der Waals surface area (Å²) in [6.45, 7) is 9.43. The van der Waals surface area contributed by atoms with Crippen molar-refractivity contribution in [3.05, 3.63) is 12.2 Å². The number of carbonyl (C=O) groups excluding carboxylic acids is 5. The molecule has 3 atom stereocenters. The van der Waals surface area contributed by atoms with Gasteiger partial charge < -0.3 is 10.6 Å². The van der Waals surface area contributed by atoms with Crippen molar-refractivity contribution < 1.29 is 24.0 Å². The second-order valence-corrected chi connectivity index (χ2v) is 8.20.